The van der Waals surface area contributed by atoms with Gasteiger partial charge < -0.3 is 10.6 Å². The normalized spacial score (nSPS) is 10.5. The van der Waals surface area contributed by atoms with Crippen molar-refractivity contribution in [2.45, 2.75) is 13.1 Å². The smallest absolute Gasteiger partial charge is 0.171 e. The first kappa shape index (κ1) is 16.0. The van der Waals surface area contributed by atoms with Crippen molar-refractivity contribution in [3.05, 3.63) is 69.6 Å². The molecule has 2 N–H and O–H groups in total. The third-order valence-electron chi connectivity index (χ3n) is 3.15. The van der Waals surface area contributed by atoms with Gasteiger partial charge in [-0.15, -0.1) is 11.3 Å². The molecule has 7 heteroatoms. The van der Waals surface area contributed by atoms with E-state index in [1.807, 2.05) is 46.6 Å². The molecule has 1 aromatic carbocycles. The van der Waals surface area contributed by atoms with Crippen LogP contribution < -0.4 is 10.6 Å². The predicted molar refractivity (Wildman–Crippen MR) is 100 cm³/mol. The van der Waals surface area contributed by atoms with E-state index in [0.29, 0.717) is 11.7 Å². The molecule has 0 fully saturated rings. The minimum Gasteiger partial charge on any atom is -0.358 e. The Hall–Kier alpha value is -1.89. The molecule has 0 unspecified atom stereocenters. The number of anilines is 1. The van der Waals surface area contributed by atoms with Gasteiger partial charge in [0.1, 0.15) is 0 Å². The Morgan fingerprint density at radius 3 is 2.83 bits per heavy atom. The zero-order valence-electron chi connectivity index (χ0n) is 12.2. The number of thiocarbonyl (C=S) groups is 1. The van der Waals surface area contributed by atoms with Gasteiger partial charge in [-0.25, -0.2) is 0 Å². The van der Waals surface area contributed by atoms with Crippen molar-refractivity contribution in [1.82, 2.24) is 15.1 Å². The summed E-state index contributed by atoms with van der Waals surface area (Å²) < 4.78 is 1.85. The number of rotatable bonds is 5. The van der Waals surface area contributed by atoms with Gasteiger partial charge in [0.2, 0.25) is 0 Å². The van der Waals surface area contributed by atoms with Crippen molar-refractivity contribution in [2.75, 3.05) is 5.32 Å². The number of hydrogen-bond acceptors (Lipinski definition) is 3. The fraction of sp³-hybridized carbons (Fsp3) is 0.125. The number of nitrogens with one attached hydrogen (secondary N) is 2. The average molecular weight is 363 g/mol. The van der Waals surface area contributed by atoms with Crippen LogP contribution in [-0.4, -0.2) is 14.9 Å². The van der Waals surface area contributed by atoms with E-state index < -0.39 is 0 Å². The highest BCUT2D eigenvalue weighted by molar-refractivity contribution is 7.80. The Bertz CT molecular complexity index is 766. The fourth-order valence-electron chi connectivity index (χ4n) is 2.05. The summed E-state index contributed by atoms with van der Waals surface area (Å²) >= 11 is 12.9. The second-order valence-electron chi connectivity index (χ2n) is 4.94. The molecule has 3 rings (SSSR count). The Morgan fingerprint density at radius 1 is 1.26 bits per heavy atom. The van der Waals surface area contributed by atoms with Crippen LogP contribution >= 0.6 is 35.2 Å². The average Bonchev–Trinajstić information content (AvgIpc) is 3.20. The molecule has 0 saturated carbocycles. The molecule has 0 amide bonds. The molecule has 0 aliphatic carbocycles. The van der Waals surface area contributed by atoms with Crippen LogP contribution in [0.1, 0.15) is 10.4 Å². The van der Waals surface area contributed by atoms with E-state index in [4.69, 9.17) is 23.8 Å². The van der Waals surface area contributed by atoms with Crippen molar-refractivity contribution in [1.29, 1.82) is 0 Å². The summed E-state index contributed by atoms with van der Waals surface area (Å²) in [7, 11) is 0. The van der Waals surface area contributed by atoms with E-state index in [-0.39, 0.29) is 0 Å². The third kappa shape index (κ3) is 4.79. The number of benzene rings is 1. The molecule has 3 aromatic rings. The molecular formula is C16H15ClN4S2. The lowest BCUT2D eigenvalue weighted by Crippen LogP contribution is -2.27. The van der Waals surface area contributed by atoms with Crippen molar-refractivity contribution in [2.24, 2.45) is 0 Å². The number of aromatic nitrogens is 2. The molecule has 118 valence electrons. The van der Waals surface area contributed by atoms with Crippen LogP contribution in [0.25, 0.3) is 0 Å². The standard InChI is InChI=1S/C16H15ClN4S2/c17-13-5-3-12(4-6-13)10-21-11-14(8-19-21)20-16(22)18-9-15-2-1-7-23-15/h1-8,11H,9-10H2,(H2,18,20,22). The van der Waals surface area contributed by atoms with Gasteiger partial charge in [-0.1, -0.05) is 29.8 Å². The van der Waals surface area contributed by atoms with Crippen LogP contribution in [0, 0.1) is 0 Å². The summed E-state index contributed by atoms with van der Waals surface area (Å²) in [6, 6.07) is 11.8. The highest BCUT2D eigenvalue weighted by Crippen LogP contribution is 2.12. The summed E-state index contributed by atoms with van der Waals surface area (Å²) in [5.41, 5.74) is 2.00. The summed E-state index contributed by atoms with van der Waals surface area (Å²) in [6.07, 6.45) is 3.68. The van der Waals surface area contributed by atoms with Crippen LogP contribution in [0.3, 0.4) is 0 Å². The van der Waals surface area contributed by atoms with Gasteiger partial charge in [0.25, 0.3) is 0 Å². The highest BCUT2D eigenvalue weighted by Gasteiger charge is 2.03. The van der Waals surface area contributed by atoms with Gasteiger partial charge in [0, 0.05) is 16.1 Å². The van der Waals surface area contributed by atoms with Crippen molar-refractivity contribution in [3.63, 3.8) is 0 Å². The molecule has 23 heavy (non-hydrogen) atoms. The lowest BCUT2D eigenvalue weighted by molar-refractivity contribution is 0.687. The van der Waals surface area contributed by atoms with Gasteiger partial charge in [-0.3, -0.25) is 4.68 Å². The number of thiophene rings is 1. The van der Waals surface area contributed by atoms with Gasteiger partial charge in [0.05, 0.1) is 25.0 Å². The zero-order valence-corrected chi connectivity index (χ0v) is 14.6. The summed E-state index contributed by atoms with van der Waals surface area (Å²) in [5, 5.41) is 14.0. The molecular weight excluding hydrogens is 348 g/mol. The van der Waals surface area contributed by atoms with Gasteiger partial charge >= 0.3 is 0 Å². The maximum absolute atomic E-state index is 5.89. The molecule has 0 aliphatic heterocycles. The Kier molecular flexibility index (Phi) is 5.27. The first-order chi connectivity index (χ1) is 11.2. The number of hydrogen-bond donors (Lipinski definition) is 2. The molecule has 0 bridgehead atoms. The zero-order chi connectivity index (χ0) is 16.1. The fourth-order valence-corrected chi connectivity index (χ4v) is 3.01. The topological polar surface area (TPSA) is 41.9 Å². The lowest BCUT2D eigenvalue weighted by atomic mass is 10.2. The van der Waals surface area contributed by atoms with Gasteiger partial charge in [-0.05, 0) is 41.4 Å². The van der Waals surface area contributed by atoms with Crippen LogP contribution in [-0.2, 0) is 13.1 Å². The monoisotopic (exact) mass is 362 g/mol. The van der Waals surface area contributed by atoms with Crippen LogP contribution in [0.15, 0.2) is 54.2 Å². The van der Waals surface area contributed by atoms with Gasteiger partial charge in [0.15, 0.2) is 5.11 Å². The molecule has 0 atom stereocenters. The molecule has 2 heterocycles. The summed E-state index contributed by atoms with van der Waals surface area (Å²) in [6.45, 7) is 1.41. The molecule has 4 nitrogen and oxygen atoms in total. The minimum atomic E-state index is 0.587. The van der Waals surface area contributed by atoms with E-state index in [1.54, 1.807) is 17.5 Å². The van der Waals surface area contributed by atoms with Crippen molar-refractivity contribution < 1.29 is 0 Å². The Balaban J connectivity index is 1.52. The second-order valence-corrected chi connectivity index (χ2v) is 6.82. The minimum absolute atomic E-state index is 0.587. The summed E-state index contributed by atoms with van der Waals surface area (Å²) in [5.74, 6) is 0. The maximum atomic E-state index is 5.89. The SMILES string of the molecule is S=C(NCc1cccs1)Nc1cnn(Cc2ccc(Cl)cc2)c1. The maximum Gasteiger partial charge on any atom is 0.171 e. The van der Waals surface area contributed by atoms with E-state index >= 15 is 0 Å². The summed E-state index contributed by atoms with van der Waals surface area (Å²) in [4.78, 5) is 1.24. The molecule has 0 radical (unpaired) electrons. The molecule has 0 spiro atoms. The predicted octanol–water partition coefficient (Wildman–Crippen LogP) is 4.13. The Labute approximate surface area is 149 Å². The third-order valence-corrected chi connectivity index (χ3v) is 4.53. The van der Waals surface area contributed by atoms with E-state index in [1.165, 1.54) is 4.88 Å². The highest BCUT2D eigenvalue weighted by atomic mass is 35.5. The molecule has 0 saturated heterocycles. The van der Waals surface area contributed by atoms with E-state index in [9.17, 15) is 0 Å². The molecule has 0 aliphatic rings. The van der Waals surface area contributed by atoms with Crippen LogP contribution in [0.2, 0.25) is 5.02 Å². The van der Waals surface area contributed by atoms with Crippen molar-refractivity contribution >= 4 is 46.0 Å². The quantitative estimate of drug-likeness (QED) is 0.669. The number of halogens is 1. The van der Waals surface area contributed by atoms with E-state index in [0.717, 1.165) is 22.8 Å². The number of nitrogens with zero attached hydrogens (tertiary/aromatic N) is 2. The first-order valence-corrected chi connectivity index (χ1v) is 8.70. The van der Waals surface area contributed by atoms with Crippen LogP contribution in [0.5, 0.6) is 0 Å². The molecule has 2 aromatic heterocycles. The Morgan fingerprint density at radius 2 is 2.09 bits per heavy atom. The van der Waals surface area contributed by atoms with Crippen LogP contribution in [0.4, 0.5) is 5.69 Å². The van der Waals surface area contributed by atoms with Crippen molar-refractivity contribution in [3.8, 4) is 0 Å². The van der Waals surface area contributed by atoms with Gasteiger partial charge in [-0.2, -0.15) is 5.10 Å². The second kappa shape index (κ2) is 7.59. The van der Waals surface area contributed by atoms with E-state index in [2.05, 4.69) is 21.8 Å². The first-order valence-electron chi connectivity index (χ1n) is 7.03. The lowest BCUT2D eigenvalue weighted by Gasteiger charge is -2.07. The largest absolute Gasteiger partial charge is 0.358 e.